The van der Waals surface area contributed by atoms with E-state index in [9.17, 15) is 13.2 Å². The van der Waals surface area contributed by atoms with E-state index in [2.05, 4.69) is 18.8 Å². The number of halogens is 3. The highest BCUT2D eigenvalue weighted by Gasteiger charge is 2.08. The van der Waals surface area contributed by atoms with E-state index >= 15 is 0 Å². The summed E-state index contributed by atoms with van der Waals surface area (Å²) in [5, 5.41) is 0. The smallest absolute Gasteiger partial charge is 0.194 e. The van der Waals surface area contributed by atoms with Crippen LogP contribution in [0.1, 0.15) is 30.0 Å². The van der Waals surface area contributed by atoms with Crippen LogP contribution in [-0.2, 0) is 6.42 Å². The molecule has 0 amide bonds. The zero-order valence-corrected chi connectivity index (χ0v) is 11.0. The first kappa shape index (κ1) is 14.2. The maximum atomic E-state index is 13.0. The SMILES string of the molecule is CCCc1ccc(C#Cc2cc(F)c(F)c(F)c2)cc1. The van der Waals surface area contributed by atoms with Crippen molar-refractivity contribution in [1.29, 1.82) is 0 Å². The van der Waals surface area contributed by atoms with E-state index in [1.165, 1.54) is 5.56 Å². The van der Waals surface area contributed by atoms with Gasteiger partial charge < -0.3 is 0 Å². The molecule has 0 radical (unpaired) electrons. The highest BCUT2D eigenvalue weighted by molar-refractivity contribution is 5.43. The summed E-state index contributed by atoms with van der Waals surface area (Å²) in [5.74, 6) is 1.49. The van der Waals surface area contributed by atoms with Crippen LogP contribution in [0.5, 0.6) is 0 Å². The van der Waals surface area contributed by atoms with Gasteiger partial charge in [0.15, 0.2) is 17.5 Å². The average Bonchev–Trinajstić information content (AvgIpc) is 2.44. The molecule has 0 aromatic heterocycles. The first-order valence-electron chi connectivity index (χ1n) is 6.35. The third-order valence-corrected chi connectivity index (χ3v) is 2.83. The Kier molecular flexibility index (Phi) is 4.47. The molecule has 0 spiro atoms. The van der Waals surface area contributed by atoms with Gasteiger partial charge in [-0.05, 0) is 36.2 Å². The van der Waals surface area contributed by atoms with E-state index < -0.39 is 17.5 Å². The second kappa shape index (κ2) is 6.29. The molecule has 0 unspecified atom stereocenters. The van der Waals surface area contributed by atoms with Crippen LogP contribution in [0.2, 0.25) is 0 Å². The van der Waals surface area contributed by atoms with Crippen LogP contribution in [-0.4, -0.2) is 0 Å². The molecule has 20 heavy (non-hydrogen) atoms. The Labute approximate surface area is 116 Å². The Hall–Kier alpha value is -2.21. The number of rotatable bonds is 2. The van der Waals surface area contributed by atoms with E-state index in [4.69, 9.17) is 0 Å². The van der Waals surface area contributed by atoms with Gasteiger partial charge in [-0.3, -0.25) is 0 Å². The minimum Gasteiger partial charge on any atom is -0.204 e. The van der Waals surface area contributed by atoms with Gasteiger partial charge in [0.25, 0.3) is 0 Å². The summed E-state index contributed by atoms with van der Waals surface area (Å²) in [4.78, 5) is 0. The van der Waals surface area contributed by atoms with E-state index in [1.807, 2.05) is 24.3 Å². The van der Waals surface area contributed by atoms with Crippen LogP contribution in [0.3, 0.4) is 0 Å². The molecule has 0 nitrogen and oxygen atoms in total. The minimum atomic E-state index is -1.47. The summed E-state index contributed by atoms with van der Waals surface area (Å²) in [6.45, 7) is 2.10. The van der Waals surface area contributed by atoms with Crippen LogP contribution >= 0.6 is 0 Å². The first-order chi connectivity index (χ1) is 9.60. The lowest BCUT2D eigenvalue weighted by atomic mass is 10.1. The van der Waals surface area contributed by atoms with Crippen LogP contribution in [0.4, 0.5) is 13.2 Å². The van der Waals surface area contributed by atoms with Gasteiger partial charge in [0, 0.05) is 11.1 Å². The van der Waals surface area contributed by atoms with Gasteiger partial charge in [0.2, 0.25) is 0 Å². The third-order valence-electron chi connectivity index (χ3n) is 2.83. The van der Waals surface area contributed by atoms with Gasteiger partial charge in [-0.15, -0.1) is 0 Å². The largest absolute Gasteiger partial charge is 0.204 e. The van der Waals surface area contributed by atoms with Crippen molar-refractivity contribution in [3.05, 3.63) is 70.5 Å². The predicted molar refractivity (Wildman–Crippen MR) is 72.7 cm³/mol. The van der Waals surface area contributed by atoms with E-state index in [0.717, 1.165) is 30.5 Å². The van der Waals surface area contributed by atoms with Crippen molar-refractivity contribution in [3.63, 3.8) is 0 Å². The lowest BCUT2D eigenvalue weighted by molar-refractivity contribution is 0.446. The normalized spacial score (nSPS) is 10.0. The molecule has 0 saturated carbocycles. The van der Waals surface area contributed by atoms with Crippen molar-refractivity contribution in [2.24, 2.45) is 0 Å². The number of benzene rings is 2. The first-order valence-corrected chi connectivity index (χ1v) is 6.35. The van der Waals surface area contributed by atoms with Crippen molar-refractivity contribution >= 4 is 0 Å². The van der Waals surface area contributed by atoms with Gasteiger partial charge in [-0.25, -0.2) is 13.2 Å². The molecule has 0 aliphatic carbocycles. The van der Waals surface area contributed by atoms with E-state index in [0.29, 0.717) is 0 Å². The van der Waals surface area contributed by atoms with Crippen LogP contribution < -0.4 is 0 Å². The number of hydrogen-bond acceptors (Lipinski definition) is 0. The van der Waals surface area contributed by atoms with Gasteiger partial charge >= 0.3 is 0 Å². The second-order valence-electron chi connectivity index (χ2n) is 4.45. The van der Waals surface area contributed by atoms with Crippen LogP contribution in [0, 0.1) is 29.3 Å². The highest BCUT2D eigenvalue weighted by Crippen LogP contribution is 2.13. The van der Waals surface area contributed by atoms with Gasteiger partial charge in [-0.1, -0.05) is 37.3 Å². The summed E-state index contributed by atoms with van der Waals surface area (Å²) >= 11 is 0. The standard InChI is InChI=1S/C17H13F3/c1-2-3-12-4-6-13(7-5-12)8-9-14-10-15(18)17(20)16(19)11-14/h4-7,10-11H,2-3H2,1H3. The fourth-order valence-corrected chi connectivity index (χ4v) is 1.82. The van der Waals surface area contributed by atoms with Crippen LogP contribution in [0.15, 0.2) is 36.4 Å². The molecular weight excluding hydrogens is 261 g/mol. The zero-order chi connectivity index (χ0) is 14.5. The Balaban J connectivity index is 2.22. The monoisotopic (exact) mass is 274 g/mol. The van der Waals surface area contributed by atoms with Crippen molar-refractivity contribution < 1.29 is 13.2 Å². The lowest BCUT2D eigenvalue weighted by Crippen LogP contribution is -1.91. The fourth-order valence-electron chi connectivity index (χ4n) is 1.82. The molecule has 102 valence electrons. The molecule has 0 N–H and O–H groups in total. The topological polar surface area (TPSA) is 0 Å². The predicted octanol–water partition coefficient (Wildman–Crippen LogP) is 4.46. The van der Waals surface area contributed by atoms with Gasteiger partial charge in [0.1, 0.15) is 0 Å². The third kappa shape index (κ3) is 3.42. The molecule has 0 bridgehead atoms. The maximum Gasteiger partial charge on any atom is 0.194 e. The van der Waals surface area contributed by atoms with Crippen molar-refractivity contribution in [2.75, 3.05) is 0 Å². The summed E-state index contributed by atoms with van der Waals surface area (Å²) in [5.41, 5.74) is 2.07. The Bertz CT molecular complexity index is 638. The molecule has 0 fully saturated rings. The molecule has 2 rings (SSSR count). The summed E-state index contributed by atoms with van der Waals surface area (Å²) < 4.78 is 38.8. The molecule has 0 saturated heterocycles. The summed E-state index contributed by atoms with van der Waals surface area (Å²) in [6, 6.07) is 9.43. The van der Waals surface area contributed by atoms with Crippen molar-refractivity contribution in [2.45, 2.75) is 19.8 Å². The maximum absolute atomic E-state index is 13.0. The quantitative estimate of drug-likeness (QED) is 0.560. The summed E-state index contributed by atoms with van der Waals surface area (Å²) in [7, 11) is 0. The molecule has 2 aromatic rings. The molecule has 0 heterocycles. The molecule has 2 aromatic carbocycles. The second-order valence-corrected chi connectivity index (χ2v) is 4.45. The Morgan fingerprint density at radius 3 is 1.95 bits per heavy atom. The lowest BCUT2D eigenvalue weighted by Gasteiger charge is -1.98. The Morgan fingerprint density at radius 1 is 0.850 bits per heavy atom. The zero-order valence-electron chi connectivity index (χ0n) is 11.0. The molecule has 0 aliphatic rings. The molecule has 3 heteroatoms. The van der Waals surface area contributed by atoms with Gasteiger partial charge in [0.05, 0.1) is 0 Å². The van der Waals surface area contributed by atoms with Crippen LogP contribution in [0.25, 0.3) is 0 Å². The number of aryl methyl sites for hydroxylation is 1. The van der Waals surface area contributed by atoms with Crippen molar-refractivity contribution in [3.8, 4) is 11.8 Å². The van der Waals surface area contributed by atoms with E-state index in [1.54, 1.807) is 0 Å². The average molecular weight is 274 g/mol. The van der Waals surface area contributed by atoms with E-state index in [-0.39, 0.29) is 5.56 Å². The van der Waals surface area contributed by atoms with Crippen molar-refractivity contribution in [1.82, 2.24) is 0 Å². The molecule has 0 aliphatic heterocycles. The highest BCUT2D eigenvalue weighted by atomic mass is 19.2. The summed E-state index contributed by atoms with van der Waals surface area (Å²) in [6.07, 6.45) is 2.07. The number of hydrogen-bond donors (Lipinski definition) is 0. The minimum absolute atomic E-state index is 0.110. The van der Waals surface area contributed by atoms with Gasteiger partial charge in [-0.2, -0.15) is 0 Å². The molecule has 0 atom stereocenters. The molecular formula is C17H13F3. The fraction of sp³-hybridized carbons (Fsp3) is 0.176. The Morgan fingerprint density at radius 2 is 1.40 bits per heavy atom.